The molecule has 0 bridgehead atoms. The fraction of sp³-hybridized carbons (Fsp3) is 0.406. The van der Waals surface area contributed by atoms with E-state index in [9.17, 15) is 9.90 Å². The molecule has 42 heavy (non-hydrogen) atoms. The Balaban J connectivity index is 1.21. The van der Waals surface area contributed by atoms with Crippen molar-refractivity contribution in [3.05, 3.63) is 82.0 Å². The number of anilines is 1. The molecule has 10 heteroatoms. The zero-order valence-corrected chi connectivity index (χ0v) is 24.0. The number of aromatic hydroxyl groups is 1. The Morgan fingerprint density at radius 2 is 1.76 bits per heavy atom. The number of imidazole rings is 2. The largest absolute Gasteiger partial charge is 0.506 e. The van der Waals surface area contributed by atoms with Gasteiger partial charge in [-0.1, -0.05) is 18.2 Å². The molecule has 2 aromatic carbocycles. The summed E-state index contributed by atoms with van der Waals surface area (Å²) in [6.07, 6.45) is 3.10. The van der Waals surface area contributed by atoms with Gasteiger partial charge < -0.3 is 19.7 Å². The number of aryl methyl sites for hydroxylation is 1. The van der Waals surface area contributed by atoms with E-state index in [1.54, 1.807) is 6.07 Å². The summed E-state index contributed by atoms with van der Waals surface area (Å²) in [5.41, 5.74) is 6.26. The van der Waals surface area contributed by atoms with Crippen molar-refractivity contribution >= 4 is 28.0 Å². The van der Waals surface area contributed by atoms with Crippen LogP contribution in [0.25, 0.3) is 22.1 Å². The lowest BCUT2D eigenvalue weighted by atomic mass is 10.2. The third-order valence-corrected chi connectivity index (χ3v) is 8.37. The lowest BCUT2D eigenvalue weighted by Crippen LogP contribution is -2.37. The third kappa shape index (κ3) is 5.28. The molecule has 218 valence electrons. The Hall–Kier alpha value is -4.15. The fourth-order valence-corrected chi connectivity index (χ4v) is 6.01. The zero-order chi connectivity index (χ0) is 28.6. The lowest BCUT2D eigenvalue weighted by Gasteiger charge is -2.26. The average molecular weight is 568 g/mol. The molecular weight excluding hydrogens is 530 g/mol. The summed E-state index contributed by atoms with van der Waals surface area (Å²) in [5.74, 6) is 0.908. The molecule has 2 aliphatic rings. The Morgan fingerprint density at radius 1 is 0.952 bits per heavy atom. The molecule has 0 atom stereocenters. The molecule has 7 rings (SSSR count). The number of aromatic nitrogens is 5. The first-order valence-corrected chi connectivity index (χ1v) is 14.9. The highest BCUT2D eigenvalue weighted by molar-refractivity contribution is 5.80. The van der Waals surface area contributed by atoms with Crippen molar-refractivity contribution in [1.29, 1.82) is 0 Å². The number of fused-ring (bicyclic) bond motifs is 2. The van der Waals surface area contributed by atoms with Crippen molar-refractivity contribution in [3.63, 3.8) is 0 Å². The quantitative estimate of drug-likeness (QED) is 0.245. The molecule has 1 aliphatic carbocycles. The first kappa shape index (κ1) is 26.7. The van der Waals surface area contributed by atoms with Gasteiger partial charge in [0.1, 0.15) is 11.4 Å². The summed E-state index contributed by atoms with van der Waals surface area (Å²) >= 11 is 0. The van der Waals surface area contributed by atoms with Crippen LogP contribution in [0.5, 0.6) is 5.75 Å². The van der Waals surface area contributed by atoms with Crippen LogP contribution in [0.15, 0.2) is 59.4 Å². The van der Waals surface area contributed by atoms with Crippen molar-refractivity contribution in [3.8, 4) is 5.75 Å². The van der Waals surface area contributed by atoms with Gasteiger partial charge in [0.2, 0.25) is 5.95 Å². The van der Waals surface area contributed by atoms with Gasteiger partial charge in [0.15, 0.2) is 0 Å². The van der Waals surface area contributed by atoms with Crippen LogP contribution in [0.4, 0.5) is 5.95 Å². The molecule has 0 amide bonds. The first-order valence-electron chi connectivity index (χ1n) is 14.9. The maximum Gasteiger partial charge on any atom is 0.329 e. The summed E-state index contributed by atoms with van der Waals surface area (Å²) in [6, 6.07) is 18.1. The smallest absolute Gasteiger partial charge is 0.329 e. The summed E-state index contributed by atoms with van der Waals surface area (Å²) in [6.45, 7) is 8.09. The lowest BCUT2D eigenvalue weighted by molar-refractivity contribution is 0.0378. The minimum atomic E-state index is 0.0452. The van der Waals surface area contributed by atoms with Crippen molar-refractivity contribution in [2.24, 2.45) is 0 Å². The van der Waals surface area contributed by atoms with Crippen molar-refractivity contribution in [2.75, 3.05) is 44.7 Å². The average Bonchev–Trinajstić information content (AvgIpc) is 3.73. The Kier molecular flexibility index (Phi) is 7.17. The van der Waals surface area contributed by atoms with E-state index in [-0.39, 0.29) is 11.4 Å². The van der Waals surface area contributed by atoms with E-state index in [4.69, 9.17) is 9.72 Å². The second kappa shape index (κ2) is 11.3. The van der Waals surface area contributed by atoms with Crippen molar-refractivity contribution in [1.82, 2.24) is 28.6 Å². The number of nitrogens with one attached hydrogen (secondary N) is 1. The van der Waals surface area contributed by atoms with E-state index >= 15 is 0 Å². The van der Waals surface area contributed by atoms with E-state index in [1.807, 2.05) is 52.5 Å². The number of benzene rings is 2. The van der Waals surface area contributed by atoms with Gasteiger partial charge in [-0.25, -0.2) is 9.78 Å². The molecule has 1 aliphatic heterocycles. The normalized spacial score (nSPS) is 16.0. The number of ether oxygens (including phenoxy) is 1. The fourth-order valence-electron chi connectivity index (χ4n) is 6.01. The molecule has 0 unspecified atom stereocenters. The molecular formula is C32H37N7O3. The monoisotopic (exact) mass is 567 g/mol. The Morgan fingerprint density at radius 3 is 2.57 bits per heavy atom. The predicted octanol–water partition coefficient (Wildman–Crippen LogP) is 4.13. The van der Waals surface area contributed by atoms with Gasteiger partial charge in [-0.05, 0) is 74.7 Å². The number of hydrogen-bond acceptors (Lipinski definition) is 7. The third-order valence-electron chi connectivity index (χ3n) is 8.37. The molecule has 1 saturated carbocycles. The molecule has 10 nitrogen and oxygen atoms in total. The highest BCUT2D eigenvalue weighted by Crippen LogP contribution is 2.36. The van der Waals surface area contributed by atoms with Crippen LogP contribution < -0.4 is 11.0 Å². The number of nitrogens with zero attached hydrogens (tertiary/aromatic N) is 6. The van der Waals surface area contributed by atoms with Crippen LogP contribution in [0.1, 0.15) is 42.3 Å². The zero-order valence-electron chi connectivity index (χ0n) is 24.0. The van der Waals surface area contributed by atoms with Gasteiger partial charge in [-0.15, -0.1) is 0 Å². The Labute approximate surface area is 244 Å². The number of pyridine rings is 1. The number of hydrogen-bond donors (Lipinski definition) is 2. The van der Waals surface area contributed by atoms with Gasteiger partial charge in [-0.2, -0.15) is 0 Å². The Bertz CT molecular complexity index is 1790. The van der Waals surface area contributed by atoms with E-state index in [0.717, 1.165) is 97.9 Å². The molecule has 0 radical (unpaired) electrons. The maximum atomic E-state index is 13.5. The molecule has 1 saturated heterocycles. The second-order valence-corrected chi connectivity index (χ2v) is 11.5. The number of para-hydroxylation sites is 2. The minimum Gasteiger partial charge on any atom is -0.506 e. The molecule has 4 heterocycles. The van der Waals surface area contributed by atoms with E-state index in [2.05, 4.69) is 31.9 Å². The SMILES string of the molecule is Cc1ccc(O)c(Cn2c(NCCCN3CCOCC3)nc3ccc(Cn4c(=O)n(C5CC5)c5ccccc54)cc32)n1. The molecule has 2 N–H and O–H groups in total. The summed E-state index contributed by atoms with van der Waals surface area (Å²) in [5, 5.41) is 14.2. The van der Waals surface area contributed by atoms with Gasteiger partial charge in [-0.3, -0.25) is 19.0 Å². The van der Waals surface area contributed by atoms with Gasteiger partial charge >= 0.3 is 5.69 Å². The number of rotatable bonds is 10. The molecule has 2 fully saturated rings. The van der Waals surface area contributed by atoms with Crippen LogP contribution in [0.2, 0.25) is 0 Å². The standard InChI is InChI=1S/C32H37N7O3/c1-22-7-12-30(40)26(34-22)21-37-29-19-23(20-38-27-5-2-3-6-28(27)39(32(38)41)24-9-10-24)8-11-25(29)35-31(37)33-13-4-14-36-15-17-42-18-16-36/h2-3,5-8,11-12,19,24,40H,4,9-10,13-18,20-21H2,1H3,(H,33,35). The highest BCUT2D eigenvalue weighted by Gasteiger charge is 2.28. The molecule has 5 aromatic rings. The van der Waals surface area contributed by atoms with E-state index in [1.165, 1.54) is 0 Å². The van der Waals surface area contributed by atoms with Crippen LogP contribution >= 0.6 is 0 Å². The van der Waals surface area contributed by atoms with Gasteiger partial charge in [0.05, 0.1) is 48.4 Å². The first-order chi connectivity index (χ1) is 20.5. The molecule has 0 spiro atoms. The summed E-state index contributed by atoms with van der Waals surface area (Å²) in [4.78, 5) is 25.5. The topological polar surface area (TPSA) is 102 Å². The van der Waals surface area contributed by atoms with E-state index < -0.39 is 0 Å². The maximum absolute atomic E-state index is 13.5. The highest BCUT2D eigenvalue weighted by atomic mass is 16.5. The predicted molar refractivity (Wildman–Crippen MR) is 163 cm³/mol. The summed E-state index contributed by atoms with van der Waals surface area (Å²) in [7, 11) is 0. The van der Waals surface area contributed by atoms with Gasteiger partial charge in [0, 0.05) is 31.4 Å². The van der Waals surface area contributed by atoms with Crippen LogP contribution in [0.3, 0.4) is 0 Å². The van der Waals surface area contributed by atoms with Crippen LogP contribution in [-0.2, 0) is 17.8 Å². The van der Waals surface area contributed by atoms with Gasteiger partial charge in [0.25, 0.3) is 0 Å². The van der Waals surface area contributed by atoms with Crippen molar-refractivity contribution < 1.29 is 9.84 Å². The van der Waals surface area contributed by atoms with Crippen molar-refractivity contribution in [2.45, 2.75) is 45.3 Å². The minimum absolute atomic E-state index is 0.0452. The summed E-state index contributed by atoms with van der Waals surface area (Å²) < 4.78 is 11.4. The number of morpholine rings is 1. The van der Waals surface area contributed by atoms with Crippen LogP contribution in [0, 0.1) is 6.92 Å². The second-order valence-electron chi connectivity index (χ2n) is 11.5. The van der Waals surface area contributed by atoms with Crippen LogP contribution in [-0.4, -0.2) is 73.1 Å². The van der Waals surface area contributed by atoms with E-state index in [0.29, 0.717) is 24.8 Å². The molecule has 3 aromatic heterocycles.